The molecule has 1 aliphatic rings. The third-order valence-corrected chi connectivity index (χ3v) is 2.94. The maximum absolute atomic E-state index is 13.1. The van der Waals surface area contributed by atoms with Crippen molar-refractivity contribution in [2.75, 3.05) is 5.32 Å². The van der Waals surface area contributed by atoms with Gasteiger partial charge in [0.1, 0.15) is 0 Å². The summed E-state index contributed by atoms with van der Waals surface area (Å²) in [6.07, 6.45) is 3.61. The zero-order valence-corrected chi connectivity index (χ0v) is 9.65. The van der Waals surface area contributed by atoms with Crippen molar-refractivity contribution >= 4 is 11.4 Å². The Labute approximate surface area is 99.0 Å². The summed E-state index contributed by atoms with van der Waals surface area (Å²) in [6, 6.07) is 4.17. The van der Waals surface area contributed by atoms with Crippen molar-refractivity contribution in [2.24, 2.45) is 5.92 Å². The molecule has 1 unspecified atom stereocenters. The Morgan fingerprint density at radius 1 is 1.59 bits per heavy atom. The number of nitro benzene ring substituents is 1. The Hall–Kier alpha value is -1.65. The molecule has 5 heteroatoms. The topological polar surface area (TPSA) is 55.2 Å². The third kappa shape index (κ3) is 3.15. The van der Waals surface area contributed by atoms with Gasteiger partial charge in [-0.3, -0.25) is 10.1 Å². The highest BCUT2D eigenvalue weighted by Crippen LogP contribution is 2.34. The first-order valence-electron chi connectivity index (χ1n) is 5.76. The number of anilines is 1. The molecule has 2 rings (SSSR count). The zero-order valence-electron chi connectivity index (χ0n) is 9.65. The van der Waals surface area contributed by atoms with Crippen molar-refractivity contribution in [2.45, 2.75) is 32.2 Å². The van der Waals surface area contributed by atoms with E-state index < -0.39 is 16.4 Å². The van der Waals surface area contributed by atoms with E-state index in [0.717, 1.165) is 18.4 Å². The summed E-state index contributed by atoms with van der Waals surface area (Å²) in [7, 11) is 0. The van der Waals surface area contributed by atoms with Crippen LogP contribution >= 0.6 is 0 Å². The average molecular weight is 238 g/mol. The molecule has 1 aromatic rings. The molecule has 0 spiro atoms. The SMILES string of the molecule is CC(CC1CC1)Nc1ccc(F)c([N+](=O)[O-])c1. The molecule has 0 bridgehead atoms. The predicted molar refractivity (Wildman–Crippen MR) is 63.5 cm³/mol. The van der Waals surface area contributed by atoms with Crippen LogP contribution in [0.25, 0.3) is 0 Å². The minimum Gasteiger partial charge on any atom is -0.382 e. The minimum atomic E-state index is -0.796. The van der Waals surface area contributed by atoms with E-state index in [1.165, 1.54) is 25.0 Å². The lowest BCUT2D eigenvalue weighted by Gasteiger charge is -2.14. The number of nitrogens with one attached hydrogen (secondary N) is 1. The van der Waals surface area contributed by atoms with Crippen molar-refractivity contribution in [1.82, 2.24) is 0 Å². The summed E-state index contributed by atoms with van der Waals surface area (Å²) >= 11 is 0. The summed E-state index contributed by atoms with van der Waals surface area (Å²) in [4.78, 5) is 9.88. The zero-order chi connectivity index (χ0) is 12.4. The van der Waals surface area contributed by atoms with Crippen molar-refractivity contribution in [3.63, 3.8) is 0 Å². The van der Waals surface area contributed by atoms with E-state index in [4.69, 9.17) is 0 Å². The molecule has 0 aromatic heterocycles. The molecular formula is C12H15FN2O2. The van der Waals surface area contributed by atoms with Gasteiger partial charge in [-0.15, -0.1) is 0 Å². The van der Waals surface area contributed by atoms with Crippen LogP contribution in [0.3, 0.4) is 0 Å². The summed E-state index contributed by atoms with van der Waals surface area (Å²) < 4.78 is 13.1. The van der Waals surface area contributed by atoms with E-state index in [1.807, 2.05) is 6.92 Å². The van der Waals surface area contributed by atoms with E-state index in [0.29, 0.717) is 5.69 Å². The molecule has 4 nitrogen and oxygen atoms in total. The van der Waals surface area contributed by atoms with Crippen LogP contribution in [0.2, 0.25) is 0 Å². The Kier molecular flexibility index (Phi) is 3.26. The van der Waals surface area contributed by atoms with Gasteiger partial charge in [-0.1, -0.05) is 12.8 Å². The lowest BCUT2D eigenvalue weighted by molar-refractivity contribution is -0.387. The van der Waals surface area contributed by atoms with Gasteiger partial charge in [0.15, 0.2) is 0 Å². The summed E-state index contributed by atoms with van der Waals surface area (Å²) in [5, 5.41) is 13.7. The fourth-order valence-electron chi connectivity index (χ4n) is 1.94. The monoisotopic (exact) mass is 238 g/mol. The van der Waals surface area contributed by atoms with Crippen LogP contribution in [0.15, 0.2) is 18.2 Å². The highest BCUT2D eigenvalue weighted by Gasteiger charge is 2.23. The van der Waals surface area contributed by atoms with Crippen molar-refractivity contribution in [3.05, 3.63) is 34.1 Å². The van der Waals surface area contributed by atoms with Crippen LogP contribution in [-0.4, -0.2) is 11.0 Å². The Bertz CT molecular complexity index is 433. The molecule has 17 heavy (non-hydrogen) atoms. The first kappa shape index (κ1) is 11.8. The largest absolute Gasteiger partial charge is 0.382 e. The Morgan fingerprint density at radius 3 is 2.88 bits per heavy atom. The smallest absolute Gasteiger partial charge is 0.306 e. The number of hydrogen-bond acceptors (Lipinski definition) is 3. The van der Waals surface area contributed by atoms with Crippen LogP contribution in [0.5, 0.6) is 0 Å². The molecule has 1 atom stereocenters. The number of rotatable bonds is 5. The van der Waals surface area contributed by atoms with Crippen molar-refractivity contribution in [3.8, 4) is 0 Å². The first-order chi connectivity index (χ1) is 8.06. The highest BCUT2D eigenvalue weighted by molar-refractivity contribution is 5.52. The van der Waals surface area contributed by atoms with E-state index in [-0.39, 0.29) is 6.04 Å². The number of halogens is 1. The van der Waals surface area contributed by atoms with Gasteiger partial charge in [0.05, 0.1) is 4.92 Å². The summed E-state index contributed by atoms with van der Waals surface area (Å²) in [6.45, 7) is 2.04. The molecule has 0 aliphatic heterocycles. The molecule has 0 radical (unpaired) electrons. The van der Waals surface area contributed by atoms with Crippen LogP contribution < -0.4 is 5.32 Å². The standard InChI is InChI=1S/C12H15FN2O2/c1-8(6-9-2-3-9)14-10-4-5-11(13)12(7-10)15(16)17/h4-5,7-9,14H,2-3,6H2,1H3. The van der Waals surface area contributed by atoms with Gasteiger partial charge in [-0.05, 0) is 31.4 Å². The van der Waals surface area contributed by atoms with Gasteiger partial charge in [-0.2, -0.15) is 4.39 Å². The van der Waals surface area contributed by atoms with Gasteiger partial charge >= 0.3 is 5.69 Å². The normalized spacial score (nSPS) is 16.6. The number of nitro groups is 1. The van der Waals surface area contributed by atoms with E-state index in [2.05, 4.69) is 5.32 Å². The van der Waals surface area contributed by atoms with Crippen molar-refractivity contribution in [1.29, 1.82) is 0 Å². The second-order valence-electron chi connectivity index (χ2n) is 4.65. The lowest BCUT2D eigenvalue weighted by Crippen LogP contribution is -2.15. The molecule has 1 fully saturated rings. The van der Waals surface area contributed by atoms with E-state index in [9.17, 15) is 14.5 Å². The predicted octanol–water partition coefficient (Wildman–Crippen LogP) is 3.33. The van der Waals surface area contributed by atoms with Gasteiger partial charge in [0, 0.05) is 17.8 Å². The summed E-state index contributed by atoms with van der Waals surface area (Å²) in [5.41, 5.74) is 0.125. The summed E-state index contributed by atoms with van der Waals surface area (Å²) in [5.74, 6) is -0.0108. The second-order valence-corrected chi connectivity index (χ2v) is 4.65. The van der Waals surface area contributed by atoms with Crippen LogP contribution in [0.4, 0.5) is 15.8 Å². The third-order valence-electron chi connectivity index (χ3n) is 2.94. The van der Waals surface area contributed by atoms with Crippen LogP contribution in [-0.2, 0) is 0 Å². The molecule has 1 aromatic carbocycles. The number of benzene rings is 1. The quantitative estimate of drug-likeness (QED) is 0.632. The Balaban J connectivity index is 2.04. The van der Waals surface area contributed by atoms with E-state index in [1.54, 1.807) is 0 Å². The number of hydrogen-bond donors (Lipinski definition) is 1. The average Bonchev–Trinajstić information content (AvgIpc) is 3.04. The fraction of sp³-hybridized carbons (Fsp3) is 0.500. The van der Waals surface area contributed by atoms with Crippen molar-refractivity contribution < 1.29 is 9.31 Å². The molecule has 1 aliphatic carbocycles. The molecule has 1 saturated carbocycles. The molecular weight excluding hydrogens is 223 g/mol. The van der Waals surface area contributed by atoms with Gasteiger partial charge in [0.2, 0.25) is 5.82 Å². The maximum Gasteiger partial charge on any atom is 0.306 e. The van der Waals surface area contributed by atoms with Gasteiger partial charge in [0.25, 0.3) is 0 Å². The molecule has 0 amide bonds. The van der Waals surface area contributed by atoms with Crippen LogP contribution in [0.1, 0.15) is 26.2 Å². The number of nitrogens with zero attached hydrogens (tertiary/aromatic N) is 1. The highest BCUT2D eigenvalue weighted by atomic mass is 19.1. The first-order valence-corrected chi connectivity index (χ1v) is 5.76. The minimum absolute atomic E-state index is 0.257. The molecule has 1 N–H and O–H groups in total. The van der Waals surface area contributed by atoms with Gasteiger partial charge < -0.3 is 5.32 Å². The van der Waals surface area contributed by atoms with Crippen LogP contribution in [0, 0.1) is 21.8 Å². The fourth-order valence-corrected chi connectivity index (χ4v) is 1.94. The second kappa shape index (κ2) is 4.69. The van der Waals surface area contributed by atoms with E-state index >= 15 is 0 Å². The van der Waals surface area contributed by atoms with Gasteiger partial charge in [-0.25, -0.2) is 0 Å². The molecule has 0 saturated heterocycles. The molecule has 92 valence electrons. The Morgan fingerprint density at radius 2 is 2.29 bits per heavy atom. The lowest BCUT2D eigenvalue weighted by atomic mass is 10.1. The molecule has 0 heterocycles. The maximum atomic E-state index is 13.1.